The number of aromatic nitrogens is 2. The van der Waals surface area contributed by atoms with Crippen molar-refractivity contribution in [1.29, 1.82) is 0 Å². The van der Waals surface area contributed by atoms with Gasteiger partial charge in [-0.25, -0.2) is 14.8 Å². The van der Waals surface area contributed by atoms with Gasteiger partial charge in [-0.05, 0) is 54.9 Å². The van der Waals surface area contributed by atoms with Crippen LogP contribution in [0.15, 0.2) is 30.5 Å². The van der Waals surface area contributed by atoms with Gasteiger partial charge in [0, 0.05) is 32.4 Å². The van der Waals surface area contributed by atoms with Crippen LogP contribution in [0.3, 0.4) is 0 Å². The Morgan fingerprint density at radius 1 is 1.24 bits per heavy atom. The van der Waals surface area contributed by atoms with Crippen LogP contribution in [0.2, 0.25) is 0 Å². The number of alkyl halides is 3. The monoisotopic (exact) mass is 462 g/mol. The second-order valence-electron chi connectivity index (χ2n) is 8.72. The van der Waals surface area contributed by atoms with Crippen LogP contribution < -0.4 is 5.32 Å². The Balaban J connectivity index is 1.39. The summed E-state index contributed by atoms with van der Waals surface area (Å²) in [5, 5.41) is 2.97. The van der Waals surface area contributed by atoms with Crippen molar-refractivity contribution in [3.05, 3.63) is 58.7 Å². The zero-order chi connectivity index (χ0) is 23.4. The third kappa shape index (κ3) is 5.82. The van der Waals surface area contributed by atoms with Gasteiger partial charge in [0.15, 0.2) is 0 Å². The highest BCUT2D eigenvalue weighted by atomic mass is 19.4. The maximum atomic E-state index is 13.0. The Kier molecular flexibility index (Phi) is 7.17. The lowest BCUT2D eigenvalue weighted by Crippen LogP contribution is -2.44. The van der Waals surface area contributed by atoms with Crippen molar-refractivity contribution in [3.8, 4) is 0 Å². The minimum absolute atomic E-state index is 0.239. The number of ether oxygens (including phenoxy) is 1. The van der Waals surface area contributed by atoms with E-state index in [9.17, 15) is 18.0 Å². The minimum atomic E-state index is -4.38. The van der Waals surface area contributed by atoms with Gasteiger partial charge in [-0.3, -0.25) is 0 Å². The lowest BCUT2D eigenvalue weighted by molar-refractivity contribution is -0.137. The second kappa shape index (κ2) is 10.1. The molecule has 2 aliphatic heterocycles. The van der Waals surface area contributed by atoms with E-state index in [0.717, 1.165) is 61.7 Å². The van der Waals surface area contributed by atoms with Gasteiger partial charge in [0.2, 0.25) is 0 Å². The number of carbonyl (C=O) groups excluding carboxylic acids is 1. The Morgan fingerprint density at radius 3 is 2.64 bits per heavy atom. The van der Waals surface area contributed by atoms with Crippen LogP contribution in [-0.4, -0.2) is 40.7 Å². The van der Waals surface area contributed by atoms with Crippen LogP contribution in [0, 0.1) is 5.92 Å². The number of amides is 2. The van der Waals surface area contributed by atoms with Gasteiger partial charge in [-0.2, -0.15) is 13.2 Å². The average molecular weight is 463 g/mol. The first-order chi connectivity index (χ1) is 15.8. The molecule has 1 atom stereocenters. The van der Waals surface area contributed by atoms with Gasteiger partial charge in [0.05, 0.1) is 23.8 Å². The quantitative estimate of drug-likeness (QED) is 0.701. The van der Waals surface area contributed by atoms with E-state index in [1.165, 1.54) is 12.1 Å². The number of nitrogens with one attached hydrogen (secondary N) is 1. The molecule has 33 heavy (non-hydrogen) atoms. The van der Waals surface area contributed by atoms with Crippen molar-refractivity contribution in [2.75, 3.05) is 19.8 Å². The molecule has 2 amide bonds. The number of rotatable bonds is 5. The fourth-order valence-corrected chi connectivity index (χ4v) is 4.39. The normalized spacial score (nSPS) is 18.0. The highest BCUT2D eigenvalue weighted by molar-refractivity contribution is 5.75. The van der Waals surface area contributed by atoms with Crippen LogP contribution >= 0.6 is 0 Å². The van der Waals surface area contributed by atoms with Crippen LogP contribution in [0.4, 0.5) is 18.0 Å². The first kappa shape index (κ1) is 23.5. The molecule has 0 radical (unpaired) electrons. The van der Waals surface area contributed by atoms with Crippen molar-refractivity contribution < 1.29 is 22.7 Å². The van der Waals surface area contributed by atoms with Gasteiger partial charge in [-0.15, -0.1) is 0 Å². The molecule has 1 saturated heterocycles. The number of urea groups is 1. The summed E-state index contributed by atoms with van der Waals surface area (Å²) in [6.07, 6.45) is 1.58. The zero-order valence-corrected chi connectivity index (χ0v) is 18.7. The SMILES string of the molecule is CC[C@@H](NC(=O)N1CCc2cnc(CC3CCOCC3)nc2C1)c1ccc(C(F)(F)F)cc1. The van der Waals surface area contributed by atoms with Crippen molar-refractivity contribution in [3.63, 3.8) is 0 Å². The van der Waals surface area contributed by atoms with Gasteiger partial charge in [0.1, 0.15) is 5.82 Å². The average Bonchev–Trinajstić information content (AvgIpc) is 2.82. The molecular formula is C24H29F3N4O2. The van der Waals surface area contributed by atoms with Crippen LogP contribution in [0.25, 0.3) is 0 Å². The lowest BCUT2D eigenvalue weighted by Gasteiger charge is -2.30. The van der Waals surface area contributed by atoms with E-state index in [1.54, 1.807) is 4.90 Å². The predicted octanol–water partition coefficient (Wildman–Crippen LogP) is 4.68. The van der Waals surface area contributed by atoms with Crippen molar-refractivity contribution in [2.45, 2.75) is 57.8 Å². The van der Waals surface area contributed by atoms with E-state index in [-0.39, 0.29) is 12.1 Å². The number of benzene rings is 1. The number of nitrogens with zero attached hydrogens (tertiary/aromatic N) is 3. The molecule has 4 rings (SSSR count). The first-order valence-electron chi connectivity index (χ1n) is 11.5. The minimum Gasteiger partial charge on any atom is -0.381 e. The van der Waals surface area contributed by atoms with E-state index in [0.29, 0.717) is 37.4 Å². The molecule has 1 aromatic heterocycles. The highest BCUT2D eigenvalue weighted by Gasteiger charge is 2.30. The van der Waals surface area contributed by atoms with Crippen LogP contribution in [0.1, 0.15) is 60.4 Å². The van der Waals surface area contributed by atoms with E-state index < -0.39 is 11.7 Å². The van der Waals surface area contributed by atoms with Crippen LogP contribution in [-0.2, 0) is 30.3 Å². The van der Waals surface area contributed by atoms with E-state index in [4.69, 9.17) is 9.72 Å². The predicted molar refractivity (Wildman–Crippen MR) is 116 cm³/mol. The topological polar surface area (TPSA) is 67.4 Å². The van der Waals surface area contributed by atoms with Gasteiger partial charge >= 0.3 is 12.2 Å². The molecule has 1 fully saturated rings. The van der Waals surface area contributed by atoms with E-state index in [1.807, 2.05) is 13.1 Å². The summed E-state index contributed by atoms with van der Waals surface area (Å²) < 4.78 is 44.0. The summed E-state index contributed by atoms with van der Waals surface area (Å²) in [7, 11) is 0. The largest absolute Gasteiger partial charge is 0.416 e. The van der Waals surface area contributed by atoms with Crippen LogP contribution in [0.5, 0.6) is 0 Å². The highest BCUT2D eigenvalue weighted by Crippen LogP contribution is 2.30. The Bertz CT molecular complexity index is 959. The number of hydrogen-bond acceptors (Lipinski definition) is 4. The molecule has 0 aliphatic carbocycles. The second-order valence-corrected chi connectivity index (χ2v) is 8.72. The van der Waals surface area contributed by atoms with E-state index in [2.05, 4.69) is 10.3 Å². The third-order valence-corrected chi connectivity index (χ3v) is 6.44. The number of hydrogen-bond donors (Lipinski definition) is 1. The fourth-order valence-electron chi connectivity index (χ4n) is 4.39. The fraction of sp³-hybridized carbons (Fsp3) is 0.542. The zero-order valence-electron chi connectivity index (χ0n) is 18.7. The molecule has 3 heterocycles. The summed E-state index contributed by atoms with van der Waals surface area (Å²) >= 11 is 0. The third-order valence-electron chi connectivity index (χ3n) is 6.44. The molecule has 1 aromatic carbocycles. The summed E-state index contributed by atoms with van der Waals surface area (Å²) in [4.78, 5) is 23.9. The molecule has 178 valence electrons. The molecule has 1 N–H and O–H groups in total. The number of carbonyl (C=O) groups is 1. The van der Waals surface area contributed by atoms with Gasteiger partial charge < -0.3 is 15.0 Å². The van der Waals surface area contributed by atoms with Crippen molar-refractivity contribution in [2.24, 2.45) is 5.92 Å². The molecule has 9 heteroatoms. The first-order valence-corrected chi connectivity index (χ1v) is 11.5. The Labute approximate surface area is 191 Å². The molecule has 2 aliphatic rings. The summed E-state index contributed by atoms with van der Waals surface area (Å²) in [5.74, 6) is 1.33. The maximum absolute atomic E-state index is 13.0. The molecule has 0 spiro atoms. The molecule has 0 bridgehead atoms. The smallest absolute Gasteiger partial charge is 0.381 e. The molecule has 0 unspecified atom stereocenters. The lowest BCUT2D eigenvalue weighted by atomic mass is 9.96. The summed E-state index contributed by atoms with van der Waals surface area (Å²) in [5.41, 5.74) is 1.88. The van der Waals surface area contributed by atoms with Gasteiger partial charge in [0.25, 0.3) is 0 Å². The Morgan fingerprint density at radius 2 is 1.97 bits per heavy atom. The Hall–Kier alpha value is -2.68. The van der Waals surface area contributed by atoms with E-state index >= 15 is 0 Å². The summed E-state index contributed by atoms with van der Waals surface area (Å²) in [6, 6.07) is 4.36. The molecule has 6 nitrogen and oxygen atoms in total. The van der Waals surface area contributed by atoms with Gasteiger partial charge in [-0.1, -0.05) is 19.1 Å². The molecular weight excluding hydrogens is 433 g/mol. The molecule has 2 aromatic rings. The summed E-state index contributed by atoms with van der Waals surface area (Å²) in [6.45, 7) is 4.39. The van der Waals surface area contributed by atoms with Crippen molar-refractivity contribution in [1.82, 2.24) is 20.2 Å². The number of halogens is 3. The number of fused-ring (bicyclic) bond motifs is 1. The maximum Gasteiger partial charge on any atom is 0.416 e. The standard InChI is InChI=1S/C24H29F3N4O2/c1-2-20(17-3-5-19(6-4-17)24(25,26)27)30-23(32)31-10-7-18-14-28-22(29-21(18)15-31)13-16-8-11-33-12-9-16/h3-6,14,16,20H,2,7-13,15H2,1H3,(H,30,32)/t20-/m1/s1. The van der Waals surface area contributed by atoms with Crippen molar-refractivity contribution >= 4 is 6.03 Å². The molecule has 0 saturated carbocycles.